The van der Waals surface area contributed by atoms with Gasteiger partial charge in [0.25, 0.3) is 0 Å². The fraction of sp³-hybridized carbons (Fsp3) is 1.00. The lowest BCUT2D eigenvalue weighted by molar-refractivity contribution is 0.186. The van der Waals surface area contributed by atoms with Gasteiger partial charge in [0.1, 0.15) is 0 Å². The van der Waals surface area contributed by atoms with Gasteiger partial charge in [0, 0.05) is 18.9 Å². The van der Waals surface area contributed by atoms with Crippen LogP contribution in [0.2, 0.25) is 0 Å². The lowest BCUT2D eigenvalue weighted by Gasteiger charge is -2.11. The number of hydrogen-bond acceptors (Lipinski definition) is 3. The van der Waals surface area contributed by atoms with E-state index in [0.29, 0.717) is 6.61 Å². The van der Waals surface area contributed by atoms with Gasteiger partial charge in [-0.15, -0.1) is 0 Å². The van der Waals surface area contributed by atoms with E-state index in [-0.39, 0.29) is 6.04 Å². The predicted molar refractivity (Wildman–Crippen MR) is 56.6 cm³/mol. The first-order valence-corrected chi connectivity index (χ1v) is 5.68. The highest BCUT2D eigenvalue weighted by Gasteiger charge is 2.03. The molecule has 0 aromatic carbocycles. The van der Waals surface area contributed by atoms with E-state index in [1.807, 2.05) is 11.8 Å². The molecular formula is C9H21NOS. The molecule has 0 aliphatic carbocycles. The van der Waals surface area contributed by atoms with Gasteiger partial charge in [-0.05, 0) is 11.7 Å². The number of ether oxygens (including phenoxy) is 1. The van der Waals surface area contributed by atoms with Gasteiger partial charge in [-0.25, -0.2) is 0 Å². The first-order chi connectivity index (χ1) is 5.70. The highest BCUT2D eigenvalue weighted by molar-refractivity contribution is 7.99. The Morgan fingerprint density at radius 2 is 2.08 bits per heavy atom. The zero-order valence-electron chi connectivity index (χ0n) is 8.38. The lowest BCUT2D eigenvalue weighted by Crippen LogP contribution is -2.28. The van der Waals surface area contributed by atoms with Crippen LogP contribution in [0.25, 0.3) is 0 Å². The fourth-order valence-electron chi connectivity index (χ4n) is 0.801. The van der Waals surface area contributed by atoms with Gasteiger partial charge in [0.15, 0.2) is 0 Å². The molecule has 2 unspecified atom stereocenters. The Morgan fingerprint density at radius 3 is 2.58 bits per heavy atom. The monoisotopic (exact) mass is 191 g/mol. The van der Waals surface area contributed by atoms with Crippen LogP contribution in [0.3, 0.4) is 0 Å². The molecule has 0 heterocycles. The Morgan fingerprint density at radius 1 is 1.42 bits per heavy atom. The summed E-state index contributed by atoms with van der Waals surface area (Å²) in [5.41, 5.74) is 5.77. The van der Waals surface area contributed by atoms with Crippen LogP contribution in [0.1, 0.15) is 20.3 Å². The largest absolute Gasteiger partial charge is 0.383 e. The third-order valence-corrected chi connectivity index (χ3v) is 3.28. The maximum absolute atomic E-state index is 5.77. The summed E-state index contributed by atoms with van der Waals surface area (Å²) < 4.78 is 4.95. The van der Waals surface area contributed by atoms with Crippen LogP contribution in [-0.4, -0.2) is 31.3 Å². The Kier molecular flexibility index (Phi) is 8.07. The quantitative estimate of drug-likeness (QED) is 0.666. The molecule has 0 spiro atoms. The molecule has 2 nitrogen and oxygen atoms in total. The van der Waals surface area contributed by atoms with Crippen LogP contribution in [0.4, 0.5) is 0 Å². The van der Waals surface area contributed by atoms with Crippen LogP contribution < -0.4 is 5.73 Å². The minimum atomic E-state index is 0.198. The molecule has 0 saturated carbocycles. The molecule has 0 fully saturated rings. The summed E-state index contributed by atoms with van der Waals surface area (Å²) in [5, 5.41) is 0. The van der Waals surface area contributed by atoms with Crippen molar-refractivity contribution in [2.45, 2.75) is 26.3 Å². The van der Waals surface area contributed by atoms with Crippen molar-refractivity contribution in [3.8, 4) is 0 Å². The first kappa shape index (κ1) is 12.3. The Labute approximate surface area is 80.2 Å². The van der Waals surface area contributed by atoms with Gasteiger partial charge in [-0.1, -0.05) is 20.3 Å². The highest BCUT2D eigenvalue weighted by Crippen LogP contribution is 2.11. The summed E-state index contributed by atoms with van der Waals surface area (Å²) in [4.78, 5) is 0. The zero-order valence-corrected chi connectivity index (χ0v) is 9.19. The second kappa shape index (κ2) is 7.90. The molecular weight excluding hydrogens is 170 g/mol. The summed E-state index contributed by atoms with van der Waals surface area (Å²) in [6.45, 7) is 5.17. The Hall–Kier alpha value is 0.270. The normalized spacial score (nSPS) is 16.0. The van der Waals surface area contributed by atoms with Crippen LogP contribution in [0.5, 0.6) is 0 Å². The SMILES string of the molecule is CCC(C)CSCC(N)COC. The molecule has 2 atom stereocenters. The van der Waals surface area contributed by atoms with Gasteiger partial charge in [-0.3, -0.25) is 0 Å². The second-order valence-corrected chi connectivity index (χ2v) is 4.34. The van der Waals surface area contributed by atoms with E-state index < -0.39 is 0 Å². The van der Waals surface area contributed by atoms with Gasteiger partial charge < -0.3 is 10.5 Å². The third kappa shape index (κ3) is 6.95. The van der Waals surface area contributed by atoms with Gasteiger partial charge in [-0.2, -0.15) is 11.8 Å². The number of methoxy groups -OCH3 is 1. The first-order valence-electron chi connectivity index (χ1n) is 4.53. The average molecular weight is 191 g/mol. The summed E-state index contributed by atoms with van der Waals surface area (Å²) >= 11 is 1.93. The molecule has 0 aliphatic heterocycles. The molecule has 0 amide bonds. The maximum atomic E-state index is 5.77. The van der Waals surface area contributed by atoms with Gasteiger partial charge in [0.2, 0.25) is 0 Å². The van der Waals surface area contributed by atoms with Crippen LogP contribution in [0, 0.1) is 5.92 Å². The van der Waals surface area contributed by atoms with E-state index in [4.69, 9.17) is 10.5 Å². The highest BCUT2D eigenvalue weighted by atomic mass is 32.2. The summed E-state index contributed by atoms with van der Waals surface area (Å²) in [5.74, 6) is 3.04. The molecule has 74 valence electrons. The molecule has 2 N–H and O–H groups in total. The number of rotatable bonds is 7. The Bertz CT molecular complexity index is 101. The van der Waals surface area contributed by atoms with E-state index in [0.717, 1.165) is 11.7 Å². The molecule has 0 saturated heterocycles. The third-order valence-electron chi connectivity index (χ3n) is 1.81. The van der Waals surface area contributed by atoms with Crippen molar-refractivity contribution in [3.05, 3.63) is 0 Å². The molecule has 0 radical (unpaired) electrons. The van der Waals surface area contributed by atoms with Crippen molar-refractivity contribution in [2.75, 3.05) is 25.2 Å². The predicted octanol–water partition coefficient (Wildman–Crippen LogP) is 1.74. The smallest absolute Gasteiger partial charge is 0.0621 e. The summed E-state index contributed by atoms with van der Waals surface area (Å²) in [6, 6.07) is 0.198. The van der Waals surface area contributed by atoms with Gasteiger partial charge in [0.05, 0.1) is 6.61 Å². The molecule has 0 rings (SSSR count). The van der Waals surface area contributed by atoms with Crippen LogP contribution in [0.15, 0.2) is 0 Å². The minimum Gasteiger partial charge on any atom is -0.383 e. The van der Waals surface area contributed by atoms with Crippen molar-refractivity contribution >= 4 is 11.8 Å². The summed E-state index contributed by atoms with van der Waals surface area (Å²) in [6.07, 6.45) is 1.26. The zero-order chi connectivity index (χ0) is 9.40. The van der Waals surface area contributed by atoms with Crippen LogP contribution in [-0.2, 0) is 4.74 Å². The number of thioether (sulfide) groups is 1. The van der Waals surface area contributed by atoms with Gasteiger partial charge >= 0.3 is 0 Å². The minimum absolute atomic E-state index is 0.198. The second-order valence-electron chi connectivity index (χ2n) is 3.27. The topological polar surface area (TPSA) is 35.2 Å². The molecule has 12 heavy (non-hydrogen) atoms. The lowest BCUT2D eigenvalue weighted by atomic mass is 10.2. The average Bonchev–Trinajstić information content (AvgIpc) is 2.04. The van der Waals surface area contributed by atoms with Crippen molar-refractivity contribution in [2.24, 2.45) is 11.7 Å². The Balaban J connectivity index is 3.18. The molecule has 0 aromatic rings. The van der Waals surface area contributed by atoms with Crippen LogP contribution >= 0.6 is 11.8 Å². The summed E-state index contributed by atoms with van der Waals surface area (Å²) in [7, 11) is 1.69. The molecule has 0 aromatic heterocycles. The maximum Gasteiger partial charge on any atom is 0.0621 e. The van der Waals surface area contributed by atoms with Crippen molar-refractivity contribution in [3.63, 3.8) is 0 Å². The van der Waals surface area contributed by atoms with E-state index >= 15 is 0 Å². The van der Waals surface area contributed by atoms with Crippen molar-refractivity contribution < 1.29 is 4.74 Å². The van der Waals surface area contributed by atoms with E-state index in [1.54, 1.807) is 7.11 Å². The number of nitrogens with two attached hydrogens (primary N) is 1. The molecule has 0 aliphatic rings. The van der Waals surface area contributed by atoms with Crippen molar-refractivity contribution in [1.29, 1.82) is 0 Å². The fourth-order valence-corrected chi connectivity index (χ4v) is 1.97. The number of hydrogen-bond donors (Lipinski definition) is 1. The van der Waals surface area contributed by atoms with E-state index in [1.165, 1.54) is 12.2 Å². The van der Waals surface area contributed by atoms with E-state index in [2.05, 4.69) is 13.8 Å². The molecule has 0 bridgehead atoms. The standard InChI is InChI=1S/C9H21NOS/c1-4-8(2)6-12-7-9(10)5-11-3/h8-9H,4-7,10H2,1-3H3. The van der Waals surface area contributed by atoms with Crippen molar-refractivity contribution in [1.82, 2.24) is 0 Å². The molecule has 3 heteroatoms. The van der Waals surface area contributed by atoms with E-state index in [9.17, 15) is 0 Å².